The Morgan fingerprint density at radius 2 is 2.21 bits per heavy atom. The molecule has 0 unspecified atom stereocenters. The maximum atomic E-state index is 9.53. The maximum absolute atomic E-state index is 9.53. The van der Waals surface area contributed by atoms with Gasteiger partial charge in [-0.2, -0.15) is 0 Å². The number of hydrogen-bond donors (Lipinski definition) is 1. The zero-order valence-electron chi connectivity index (χ0n) is 11.2. The van der Waals surface area contributed by atoms with Crippen LogP contribution in [0.4, 0.5) is 5.69 Å². The van der Waals surface area contributed by atoms with E-state index in [4.69, 9.17) is 11.6 Å². The first kappa shape index (κ1) is 14.3. The molecule has 1 heterocycles. The fraction of sp³-hybridized carbons (Fsp3) is 0.357. The van der Waals surface area contributed by atoms with E-state index in [9.17, 15) is 5.11 Å². The van der Waals surface area contributed by atoms with E-state index in [1.54, 1.807) is 18.3 Å². The van der Waals surface area contributed by atoms with Crippen molar-refractivity contribution in [3.63, 3.8) is 0 Å². The minimum absolute atomic E-state index is 0.502. The highest BCUT2D eigenvalue weighted by molar-refractivity contribution is 7.09. The molecule has 0 saturated heterocycles. The van der Waals surface area contributed by atoms with Gasteiger partial charge in [-0.25, -0.2) is 4.98 Å². The number of benzene rings is 1. The van der Waals surface area contributed by atoms with Crippen LogP contribution in [0.3, 0.4) is 0 Å². The number of aliphatic hydroxyl groups is 1. The molecule has 1 atom stereocenters. The van der Waals surface area contributed by atoms with Gasteiger partial charge in [0.15, 0.2) is 0 Å². The first-order valence-corrected chi connectivity index (χ1v) is 7.33. The van der Waals surface area contributed by atoms with E-state index in [2.05, 4.69) is 15.3 Å². The van der Waals surface area contributed by atoms with Crippen LogP contribution in [0.15, 0.2) is 23.6 Å². The second kappa shape index (κ2) is 5.90. The van der Waals surface area contributed by atoms with Gasteiger partial charge in [0, 0.05) is 12.4 Å². The molecule has 0 aliphatic carbocycles. The first-order chi connectivity index (χ1) is 8.97. The summed E-state index contributed by atoms with van der Waals surface area (Å²) in [7, 11) is 1.98. The second-order valence-corrected chi connectivity index (χ2v) is 6.07. The zero-order valence-corrected chi connectivity index (χ0v) is 12.8. The van der Waals surface area contributed by atoms with Gasteiger partial charge in [0.1, 0.15) is 0 Å². The molecule has 3 nitrogen and oxygen atoms in total. The van der Waals surface area contributed by atoms with Crippen LogP contribution >= 0.6 is 22.9 Å². The van der Waals surface area contributed by atoms with Crippen LogP contribution in [-0.2, 0) is 6.54 Å². The Morgan fingerprint density at radius 1 is 1.47 bits per heavy atom. The fourth-order valence-corrected chi connectivity index (χ4v) is 2.84. The summed E-state index contributed by atoms with van der Waals surface area (Å²) in [6.45, 7) is 4.45. The molecular weight excluding hydrogens is 280 g/mol. The predicted octanol–water partition coefficient (Wildman–Crippen LogP) is 3.79. The molecule has 102 valence electrons. The molecule has 0 aliphatic heterocycles. The lowest BCUT2D eigenvalue weighted by Gasteiger charge is -2.20. The van der Waals surface area contributed by atoms with Crippen LogP contribution < -0.4 is 4.90 Å². The Balaban J connectivity index is 2.17. The molecule has 1 aromatic heterocycles. The van der Waals surface area contributed by atoms with Crippen LogP contribution in [0.5, 0.6) is 0 Å². The number of nitrogens with zero attached hydrogens (tertiary/aromatic N) is 2. The van der Waals surface area contributed by atoms with Gasteiger partial charge in [-0.1, -0.05) is 17.7 Å². The van der Waals surface area contributed by atoms with Crippen LogP contribution in [0.25, 0.3) is 0 Å². The Kier molecular flexibility index (Phi) is 4.45. The minimum Gasteiger partial charge on any atom is -0.389 e. The highest BCUT2D eigenvalue weighted by Crippen LogP contribution is 2.29. The van der Waals surface area contributed by atoms with E-state index in [1.165, 1.54) is 0 Å². The number of thiazole rings is 1. The van der Waals surface area contributed by atoms with Crippen LogP contribution in [-0.4, -0.2) is 17.1 Å². The normalized spacial score (nSPS) is 12.5. The molecule has 2 rings (SSSR count). The Labute approximate surface area is 122 Å². The average molecular weight is 297 g/mol. The number of hydrogen-bond acceptors (Lipinski definition) is 4. The molecule has 1 N–H and O–H groups in total. The summed E-state index contributed by atoms with van der Waals surface area (Å²) >= 11 is 7.92. The Morgan fingerprint density at radius 3 is 2.74 bits per heavy atom. The molecular formula is C14H17ClN2OS. The summed E-state index contributed by atoms with van der Waals surface area (Å²) in [5.41, 5.74) is 2.81. The van der Waals surface area contributed by atoms with Gasteiger partial charge in [-0.15, -0.1) is 11.3 Å². The largest absolute Gasteiger partial charge is 0.389 e. The summed E-state index contributed by atoms with van der Waals surface area (Å²) in [6.07, 6.45) is -0.502. The van der Waals surface area contributed by atoms with Crippen molar-refractivity contribution in [3.8, 4) is 0 Å². The lowest BCUT2D eigenvalue weighted by Crippen LogP contribution is -2.17. The van der Waals surface area contributed by atoms with Crippen LogP contribution in [0, 0.1) is 6.92 Å². The summed E-state index contributed by atoms with van der Waals surface area (Å²) in [5, 5.41) is 13.3. The van der Waals surface area contributed by atoms with E-state index >= 15 is 0 Å². The number of aromatic nitrogens is 1. The lowest BCUT2D eigenvalue weighted by atomic mass is 10.1. The first-order valence-electron chi connectivity index (χ1n) is 6.07. The van der Waals surface area contributed by atoms with Gasteiger partial charge in [-0.3, -0.25) is 0 Å². The monoisotopic (exact) mass is 296 g/mol. The third-order valence-electron chi connectivity index (χ3n) is 2.93. The Hall–Kier alpha value is -1.10. The topological polar surface area (TPSA) is 36.4 Å². The lowest BCUT2D eigenvalue weighted by molar-refractivity contribution is 0.199. The molecule has 0 bridgehead atoms. The molecule has 0 spiro atoms. The van der Waals surface area contributed by atoms with Gasteiger partial charge in [0.2, 0.25) is 0 Å². The predicted molar refractivity (Wildman–Crippen MR) is 81.0 cm³/mol. The third kappa shape index (κ3) is 3.47. The van der Waals surface area contributed by atoms with Crippen molar-refractivity contribution in [2.45, 2.75) is 26.5 Å². The van der Waals surface area contributed by atoms with E-state index in [0.29, 0.717) is 5.02 Å². The highest BCUT2D eigenvalue weighted by atomic mass is 35.5. The van der Waals surface area contributed by atoms with Crippen molar-refractivity contribution in [2.24, 2.45) is 0 Å². The number of aryl methyl sites for hydroxylation is 1. The van der Waals surface area contributed by atoms with Crippen molar-refractivity contribution < 1.29 is 5.11 Å². The highest BCUT2D eigenvalue weighted by Gasteiger charge is 2.10. The molecule has 0 saturated carbocycles. The van der Waals surface area contributed by atoms with Gasteiger partial charge in [0.25, 0.3) is 0 Å². The molecule has 2 aromatic rings. The van der Waals surface area contributed by atoms with E-state index in [1.807, 2.05) is 32.2 Å². The van der Waals surface area contributed by atoms with Crippen molar-refractivity contribution in [3.05, 3.63) is 44.9 Å². The summed E-state index contributed by atoms with van der Waals surface area (Å²) < 4.78 is 0. The quantitative estimate of drug-likeness (QED) is 0.932. The summed E-state index contributed by atoms with van der Waals surface area (Å²) in [5.74, 6) is 0. The third-order valence-corrected chi connectivity index (χ3v) is 4.06. The standard InChI is InChI=1S/C14H17ClN2OS/c1-9(18)11-4-5-14(13(15)6-11)17(3)7-12-8-19-10(2)16-12/h4-6,8-9,18H,7H2,1-3H3/t9-/m0/s1. The van der Waals surface area contributed by atoms with E-state index in [-0.39, 0.29) is 0 Å². The van der Waals surface area contributed by atoms with E-state index < -0.39 is 6.10 Å². The van der Waals surface area contributed by atoms with E-state index in [0.717, 1.165) is 28.5 Å². The smallest absolute Gasteiger partial charge is 0.0898 e. The SMILES string of the molecule is Cc1nc(CN(C)c2ccc([C@H](C)O)cc2Cl)cs1. The molecule has 0 fully saturated rings. The number of anilines is 1. The van der Waals surface area contributed by atoms with Crippen LogP contribution in [0.2, 0.25) is 5.02 Å². The number of halogens is 1. The second-order valence-electron chi connectivity index (χ2n) is 4.60. The van der Waals surface area contributed by atoms with Crippen molar-refractivity contribution >= 4 is 28.6 Å². The molecule has 19 heavy (non-hydrogen) atoms. The average Bonchev–Trinajstić information content (AvgIpc) is 2.74. The summed E-state index contributed by atoms with van der Waals surface area (Å²) in [6, 6.07) is 5.64. The van der Waals surface area contributed by atoms with Gasteiger partial charge < -0.3 is 10.0 Å². The van der Waals surface area contributed by atoms with Crippen molar-refractivity contribution in [1.82, 2.24) is 4.98 Å². The van der Waals surface area contributed by atoms with Crippen LogP contribution in [0.1, 0.15) is 29.3 Å². The molecule has 0 aliphatic rings. The van der Waals surface area contributed by atoms with Gasteiger partial charge in [-0.05, 0) is 31.5 Å². The van der Waals surface area contributed by atoms with Crippen molar-refractivity contribution in [2.75, 3.05) is 11.9 Å². The maximum Gasteiger partial charge on any atom is 0.0898 e. The number of rotatable bonds is 4. The Bertz CT molecular complexity index is 568. The zero-order chi connectivity index (χ0) is 14.0. The molecule has 0 amide bonds. The summed E-state index contributed by atoms with van der Waals surface area (Å²) in [4.78, 5) is 6.50. The number of aliphatic hydroxyl groups excluding tert-OH is 1. The fourth-order valence-electron chi connectivity index (χ4n) is 1.90. The minimum atomic E-state index is -0.502. The molecule has 1 aromatic carbocycles. The van der Waals surface area contributed by atoms with Gasteiger partial charge >= 0.3 is 0 Å². The van der Waals surface area contributed by atoms with Crippen molar-refractivity contribution in [1.29, 1.82) is 0 Å². The van der Waals surface area contributed by atoms with Gasteiger partial charge in [0.05, 0.1) is 34.1 Å². The molecule has 5 heteroatoms. The molecule has 0 radical (unpaired) electrons.